The van der Waals surface area contributed by atoms with Crippen molar-refractivity contribution in [1.82, 2.24) is 19.7 Å². The third kappa shape index (κ3) is 2.70. The third-order valence-electron chi connectivity index (χ3n) is 4.53. The van der Waals surface area contributed by atoms with E-state index >= 15 is 0 Å². The largest absolute Gasteiger partial charge is 0.356 e. The van der Waals surface area contributed by atoms with E-state index < -0.39 is 0 Å². The number of rotatable bonds is 2. The van der Waals surface area contributed by atoms with E-state index in [2.05, 4.69) is 20.0 Å². The maximum atomic E-state index is 5.78. The summed E-state index contributed by atoms with van der Waals surface area (Å²) in [7, 11) is 0. The van der Waals surface area contributed by atoms with Crippen LogP contribution < -0.4 is 4.90 Å². The van der Waals surface area contributed by atoms with Gasteiger partial charge in [-0.3, -0.25) is 0 Å². The first-order valence-electron chi connectivity index (χ1n) is 8.04. The summed E-state index contributed by atoms with van der Waals surface area (Å²) < 4.78 is 13.4. The highest BCUT2D eigenvalue weighted by Crippen LogP contribution is 2.32. The van der Waals surface area contributed by atoms with Crippen molar-refractivity contribution >= 4 is 5.82 Å². The van der Waals surface area contributed by atoms with Gasteiger partial charge in [0.15, 0.2) is 11.6 Å². The molecule has 2 fully saturated rings. The van der Waals surface area contributed by atoms with E-state index in [4.69, 9.17) is 9.47 Å². The first-order chi connectivity index (χ1) is 11.2. The van der Waals surface area contributed by atoms with Crippen molar-refractivity contribution in [3.05, 3.63) is 29.8 Å². The molecule has 0 amide bonds. The fraction of sp³-hybridized carbons (Fsp3) is 0.562. The predicted molar refractivity (Wildman–Crippen MR) is 84.7 cm³/mol. The van der Waals surface area contributed by atoms with Gasteiger partial charge in [-0.15, -0.1) is 0 Å². The van der Waals surface area contributed by atoms with Crippen LogP contribution in [0.3, 0.4) is 0 Å². The highest BCUT2D eigenvalue weighted by Gasteiger charge is 2.40. The van der Waals surface area contributed by atoms with Gasteiger partial charge in [0.05, 0.1) is 18.9 Å². The van der Waals surface area contributed by atoms with E-state index in [0.717, 1.165) is 49.0 Å². The summed E-state index contributed by atoms with van der Waals surface area (Å²) >= 11 is 0. The average Bonchev–Trinajstić information content (AvgIpc) is 3.15. The zero-order valence-electron chi connectivity index (χ0n) is 13.5. The van der Waals surface area contributed by atoms with Crippen LogP contribution in [0.5, 0.6) is 0 Å². The van der Waals surface area contributed by atoms with Gasteiger partial charge in [-0.2, -0.15) is 5.10 Å². The van der Waals surface area contributed by atoms with Crippen LogP contribution in [-0.4, -0.2) is 51.8 Å². The van der Waals surface area contributed by atoms with Gasteiger partial charge >= 0.3 is 0 Å². The molecule has 2 aliphatic rings. The van der Waals surface area contributed by atoms with Crippen molar-refractivity contribution in [2.45, 2.75) is 32.5 Å². The van der Waals surface area contributed by atoms with E-state index in [1.54, 1.807) is 6.33 Å². The molecule has 4 rings (SSSR count). The van der Waals surface area contributed by atoms with Crippen LogP contribution in [0.1, 0.15) is 24.2 Å². The summed E-state index contributed by atoms with van der Waals surface area (Å²) in [6.07, 6.45) is 3.34. The molecular weight excluding hydrogens is 294 g/mol. The zero-order chi connectivity index (χ0) is 15.9. The number of aromatic nitrogens is 4. The lowest BCUT2D eigenvalue weighted by Crippen LogP contribution is -2.45. The van der Waals surface area contributed by atoms with Crippen LogP contribution >= 0.6 is 0 Å². The van der Waals surface area contributed by atoms with Crippen molar-refractivity contribution in [2.24, 2.45) is 0 Å². The molecule has 0 bridgehead atoms. The molecule has 2 aromatic heterocycles. The van der Waals surface area contributed by atoms with Crippen molar-refractivity contribution in [2.75, 3.05) is 31.2 Å². The van der Waals surface area contributed by atoms with E-state index in [1.165, 1.54) is 0 Å². The van der Waals surface area contributed by atoms with Gasteiger partial charge in [0.2, 0.25) is 0 Å². The van der Waals surface area contributed by atoms with Crippen LogP contribution in [-0.2, 0) is 9.47 Å². The fourth-order valence-electron chi connectivity index (χ4n) is 3.35. The Kier molecular flexibility index (Phi) is 3.54. The van der Waals surface area contributed by atoms with Crippen LogP contribution in [0.4, 0.5) is 5.82 Å². The first-order valence-corrected chi connectivity index (χ1v) is 8.04. The molecule has 4 heterocycles. The van der Waals surface area contributed by atoms with Gasteiger partial charge in [-0.25, -0.2) is 14.6 Å². The maximum Gasteiger partial charge on any atom is 0.171 e. The molecule has 2 saturated heterocycles. The second-order valence-electron chi connectivity index (χ2n) is 6.17. The zero-order valence-corrected chi connectivity index (χ0v) is 13.5. The molecule has 122 valence electrons. The Morgan fingerprint density at radius 3 is 2.35 bits per heavy atom. The lowest BCUT2D eigenvalue weighted by Gasteiger charge is -2.38. The van der Waals surface area contributed by atoms with Gasteiger partial charge in [0, 0.05) is 37.7 Å². The van der Waals surface area contributed by atoms with Gasteiger partial charge < -0.3 is 14.4 Å². The summed E-state index contributed by atoms with van der Waals surface area (Å²) in [6, 6.07) is 4.04. The standard InChI is InChI=1S/C16H21N5O2/c1-12-9-13(2)21(19-12)15-10-14(17-11-18-15)20-5-3-16(4-6-20)22-7-8-23-16/h9-11H,3-8H2,1-2H3. The molecule has 0 radical (unpaired) electrons. The second-order valence-corrected chi connectivity index (χ2v) is 6.17. The monoisotopic (exact) mass is 315 g/mol. The second kappa shape index (κ2) is 5.58. The van der Waals surface area contributed by atoms with Gasteiger partial charge in [-0.1, -0.05) is 0 Å². The Labute approximate surface area is 135 Å². The quantitative estimate of drug-likeness (QED) is 0.839. The smallest absolute Gasteiger partial charge is 0.171 e. The minimum Gasteiger partial charge on any atom is -0.356 e. The Hall–Kier alpha value is -1.99. The number of hydrogen-bond donors (Lipinski definition) is 0. The summed E-state index contributed by atoms with van der Waals surface area (Å²) in [5.74, 6) is 1.37. The average molecular weight is 315 g/mol. The molecule has 23 heavy (non-hydrogen) atoms. The molecule has 0 unspecified atom stereocenters. The lowest BCUT2D eigenvalue weighted by molar-refractivity contribution is -0.169. The maximum absolute atomic E-state index is 5.78. The molecule has 0 aromatic carbocycles. The third-order valence-corrected chi connectivity index (χ3v) is 4.53. The van der Waals surface area contributed by atoms with Crippen LogP contribution in [0.15, 0.2) is 18.5 Å². The SMILES string of the molecule is Cc1cc(C)n(-c2cc(N3CCC4(CC3)OCCO4)ncn2)n1. The molecule has 0 aliphatic carbocycles. The molecule has 7 heteroatoms. The van der Waals surface area contributed by atoms with Crippen LogP contribution in [0, 0.1) is 13.8 Å². The first kappa shape index (κ1) is 14.6. The van der Waals surface area contributed by atoms with Crippen molar-refractivity contribution in [3.8, 4) is 5.82 Å². The lowest BCUT2D eigenvalue weighted by atomic mass is 10.0. The Morgan fingerprint density at radius 2 is 1.70 bits per heavy atom. The minimum absolute atomic E-state index is 0.359. The molecule has 1 spiro atoms. The van der Waals surface area contributed by atoms with Crippen molar-refractivity contribution in [3.63, 3.8) is 0 Å². The summed E-state index contributed by atoms with van der Waals surface area (Å²) in [6.45, 7) is 7.16. The fourth-order valence-corrected chi connectivity index (χ4v) is 3.35. The summed E-state index contributed by atoms with van der Waals surface area (Å²) in [5, 5.41) is 4.49. The molecule has 0 saturated carbocycles. The van der Waals surface area contributed by atoms with E-state index in [9.17, 15) is 0 Å². The van der Waals surface area contributed by atoms with Crippen molar-refractivity contribution < 1.29 is 9.47 Å². The molecule has 2 aromatic rings. The number of piperidine rings is 1. The molecule has 0 N–H and O–H groups in total. The summed E-state index contributed by atoms with van der Waals surface area (Å²) in [5.41, 5.74) is 2.05. The number of anilines is 1. The van der Waals surface area contributed by atoms with Gasteiger partial charge in [0.1, 0.15) is 12.1 Å². The number of hydrogen-bond acceptors (Lipinski definition) is 6. The Morgan fingerprint density at radius 1 is 1.00 bits per heavy atom. The summed E-state index contributed by atoms with van der Waals surface area (Å²) in [4.78, 5) is 11.1. The van der Waals surface area contributed by atoms with Gasteiger partial charge in [0.25, 0.3) is 0 Å². The molecular formula is C16H21N5O2. The van der Waals surface area contributed by atoms with E-state index in [0.29, 0.717) is 13.2 Å². The Balaban J connectivity index is 1.54. The van der Waals surface area contributed by atoms with Crippen LogP contribution in [0.2, 0.25) is 0 Å². The topological polar surface area (TPSA) is 65.3 Å². The molecule has 7 nitrogen and oxygen atoms in total. The minimum atomic E-state index is -0.359. The highest BCUT2D eigenvalue weighted by atomic mass is 16.7. The van der Waals surface area contributed by atoms with Crippen molar-refractivity contribution in [1.29, 1.82) is 0 Å². The molecule has 2 aliphatic heterocycles. The number of nitrogens with zero attached hydrogens (tertiary/aromatic N) is 5. The molecule has 0 atom stereocenters. The van der Waals surface area contributed by atoms with E-state index in [1.807, 2.05) is 30.7 Å². The number of ether oxygens (including phenoxy) is 2. The Bertz CT molecular complexity index is 698. The van der Waals surface area contributed by atoms with Crippen LogP contribution in [0.25, 0.3) is 5.82 Å². The van der Waals surface area contributed by atoms with Gasteiger partial charge in [-0.05, 0) is 19.9 Å². The predicted octanol–water partition coefficient (Wildman–Crippen LogP) is 1.62. The highest BCUT2D eigenvalue weighted by molar-refractivity contribution is 5.44. The number of aryl methyl sites for hydroxylation is 2. The normalized spacial score (nSPS) is 20.3. The van der Waals surface area contributed by atoms with E-state index in [-0.39, 0.29) is 5.79 Å².